The van der Waals surface area contributed by atoms with E-state index in [1.807, 2.05) is 0 Å². The third-order valence-corrected chi connectivity index (χ3v) is 5.01. The van der Waals surface area contributed by atoms with Gasteiger partial charge in [-0.3, -0.25) is 4.90 Å². The second kappa shape index (κ2) is 7.49. The Hall–Kier alpha value is -0.0800. The molecule has 3 unspecified atom stereocenters. The molecule has 2 rings (SSSR count). The van der Waals surface area contributed by atoms with Crippen LogP contribution in [0.5, 0.6) is 0 Å². The van der Waals surface area contributed by atoms with Gasteiger partial charge < -0.3 is 5.32 Å². The Balaban J connectivity index is 1.95. The van der Waals surface area contributed by atoms with Gasteiger partial charge in [0.25, 0.3) is 0 Å². The van der Waals surface area contributed by atoms with Crippen LogP contribution in [-0.4, -0.2) is 36.6 Å². The van der Waals surface area contributed by atoms with Crippen LogP contribution in [0.1, 0.15) is 65.2 Å². The van der Waals surface area contributed by atoms with Gasteiger partial charge in [-0.1, -0.05) is 39.5 Å². The van der Waals surface area contributed by atoms with Crippen molar-refractivity contribution in [2.24, 2.45) is 5.92 Å². The van der Waals surface area contributed by atoms with E-state index in [-0.39, 0.29) is 0 Å². The molecular weight excluding hydrogens is 220 g/mol. The highest BCUT2D eigenvalue weighted by Crippen LogP contribution is 2.31. The van der Waals surface area contributed by atoms with Gasteiger partial charge in [-0.25, -0.2) is 0 Å². The SMILES string of the molecule is CCCC1CN(C2CCCCC2CC)CCCN1. The Kier molecular flexibility index (Phi) is 5.97. The molecule has 1 aliphatic heterocycles. The van der Waals surface area contributed by atoms with E-state index < -0.39 is 0 Å². The summed E-state index contributed by atoms with van der Waals surface area (Å²) in [5, 5.41) is 3.74. The molecule has 0 spiro atoms. The summed E-state index contributed by atoms with van der Waals surface area (Å²) >= 11 is 0. The summed E-state index contributed by atoms with van der Waals surface area (Å²) in [7, 11) is 0. The molecule has 18 heavy (non-hydrogen) atoms. The molecule has 0 amide bonds. The highest BCUT2D eigenvalue weighted by atomic mass is 15.2. The minimum Gasteiger partial charge on any atom is -0.313 e. The Morgan fingerprint density at radius 2 is 1.94 bits per heavy atom. The Bertz CT molecular complexity index is 229. The van der Waals surface area contributed by atoms with E-state index in [0.29, 0.717) is 0 Å². The first-order chi connectivity index (χ1) is 8.85. The van der Waals surface area contributed by atoms with Crippen molar-refractivity contribution in [1.82, 2.24) is 10.2 Å². The van der Waals surface area contributed by atoms with Crippen LogP contribution >= 0.6 is 0 Å². The Labute approximate surface area is 114 Å². The summed E-state index contributed by atoms with van der Waals surface area (Å²) < 4.78 is 0. The molecule has 1 saturated carbocycles. The van der Waals surface area contributed by atoms with E-state index in [1.54, 1.807) is 0 Å². The van der Waals surface area contributed by atoms with Crippen molar-refractivity contribution in [1.29, 1.82) is 0 Å². The first kappa shape index (κ1) is 14.3. The standard InChI is InChI=1S/C16H32N2/c1-3-8-15-13-18(12-7-11-17-15)16-10-6-5-9-14(16)4-2/h14-17H,3-13H2,1-2H3. The fraction of sp³-hybridized carbons (Fsp3) is 1.00. The second-order valence-corrected chi connectivity index (χ2v) is 6.31. The van der Waals surface area contributed by atoms with Crippen molar-refractivity contribution in [2.45, 2.75) is 77.3 Å². The van der Waals surface area contributed by atoms with Crippen molar-refractivity contribution >= 4 is 0 Å². The smallest absolute Gasteiger partial charge is 0.0195 e. The molecule has 1 heterocycles. The maximum Gasteiger partial charge on any atom is 0.0195 e. The lowest BCUT2D eigenvalue weighted by atomic mass is 9.81. The van der Waals surface area contributed by atoms with Crippen molar-refractivity contribution in [3.63, 3.8) is 0 Å². The summed E-state index contributed by atoms with van der Waals surface area (Å²) in [6.45, 7) is 8.56. The lowest BCUT2D eigenvalue weighted by Gasteiger charge is -2.40. The molecule has 0 aromatic rings. The highest BCUT2D eigenvalue weighted by molar-refractivity contribution is 4.87. The molecule has 2 fully saturated rings. The predicted octanol–water partition coefficient (Wildman–Crippen LogP) is 3.42. The summed E-state index contributed by atoms with van der Waals surface area (Å²) in [6, 6.07) is 1.64. The molecular formula is C16H32N2. The number of hydrogen-bond acceptors (Lipinski definition) is 2. The number of nitrogens with zero attached hydrogens (tertiary/aromatic N) is 1. The third-order valence-electron chi connectivity index (χ3n) is 5.01. The lowest BCUT2D eigenvalue weighted by molar-refractivity contribution is 0.0981. The highest BCUT2D eigenvalue weighted by Gasteiger charge is 2.30. The van der Waals surface area contributed by atoms with Crippen molar-refractivity contribution < 1.29 is 0 Å². The Morgan fingerprint density at radius 1 is 1.11 bits per heavy atom. The molecule has 1 saturated heterocycles. The number of nitrogens with one attached hydrogen (secondary N) is 1. The van der Waals surface area contributed by atoms with Crippen LogP contribution in [0.2, 0.25) is 0 Å². The number of rotatable bonds is 4. The van der Waals surface area contributed by atoms with Gasteiger partial charge in [0.05, 0.1) is 0 Å². The van der Waals surface area contributed by atoms with Gasteiger partial charge in [-0.05, 0) is 44.7 Å². The first-order valence-electron chi connectivity index (χ1n) is 8.32. The molecule has 2 heteroatoms. The van der Waals surface area contributed by atoms with Gasteiger partial charge in [0.1, 0.15) is 0 Å². The van der Waals surface area contributed by atoms with E-state index in [9.17, 15) is 0 Å². The van der Waals surface area contributed by atoms with Gasteiger partial charge in [-0.15, -0.1) is 0 Å². The molecule has 106 valence electrons. The minimum absolute atomic E-state index is 0.747. The van der Waals surface area contributed by atoms with Gasteiger partial charge in [0.2, 0.25) is 0 Å². The topological polar surface area (TPSA) is 15.3 Å². The van der Waals surface area contributed by atoms with Crippen LogP contribution in [0.4, 0.5) is 0 Å². The molecule has 0 aromatic carbocycles. The fourth-order valence-corrected chi connectivity index (χ4v) is 4.02. The summed E-state index contributed by atoms with van der Waals surface area (Å²) in [4.78, 5) is 2.84. The van der Waals surface area contributed by atoms with Gasteiger partial charge in [-0.2, -0.15) is 0 Å². The maximum atomic E-state index is 3.74. The van der Waals surface area contributed by atoms with Crippen LogP contribution < -0.4 is 5.32 Å². The zero-order valence-electron chi connectivity index (χ0n) is 12.5. The average molecular weight is 252 g/mol. The van der Waals surface area contributed by atoms with Crippen LogP contribution in [0.3, 0.4) is 0 Å². The van der Waals surface area contributed by atoms with Gasteiger partial charge >= 0.3 is 0 Å². The van der Waals surface area contributed by atoms with Crippen molar-refractivity contribution in [3.8, 4) is 0 Å². The van der Waals surface area contributed by atoms with Crippen molar-refractivity contribution in [2.75, 3.05) is 19.6 Å². The molecule has 1 aliphatic carbocycles. The van der Waals surface area contributed by atoms with E-state index >= 15 is 0 Å². The average Bonchev–Trinajstić information content (AvgIpc) is 2.65. The maximum absolute atomic E-state index is 3.74. The zero-order valence-corrected chi connectivity index (χ0v) is 12.5. The Morgan fingerprint density at radius 3 is 2.72 bits per heavy atom. The quantitative estimate of drug-likeness (QED) is 0.825. The summed E-state index contributed by atoms with van der Waals surface area (Å²) in [5.74, 6) is 0.971. The molecule has 0 aromatic heterocycles. The largest absolute Gasteiger partial charge is 0.313 e. The fourth-order valence-electron chi connectivity index (χ4n) is 4.02. The second-order valence-electron chi connectivity index (χ2n) is 6.31. The lowest BCUT2D eigenvalue weighted by Crippen LogP contribution is -2.46. The van der Waals surface area contributed by atoms with Gasteiger partial charge in [0, 0.05) is 18.6 Å². The van der Waals surface area contributed by atoms with E-state index in [1.165, 1.54) is 71.0 Å². The molecule has 3 atom stereocenters. The summed E-state index contributed by atoms with van der Waals surface area (Å²) in [5.41, 5.74) is 0. The zero-order chi connectivity index (χ0) is 12.8. The first-order valence-corrected chi connectivity index (χ1v) is 8.32. The normalized spacial score (nSPS) is 35.3. The van der Waals surface area contributed by atoms with Gasteiger partial charge in [0.15, 0.2) is 0 Å². The van der Waals surface area contributed by atoms with Crippen LogP contribution in [0.15, 0.2) is 0 Å². The number of hydrogen-bond donors (Lipinski definition) is 1. The molecule has 1 N–H and O–H groups in total. The minimum atomic E-state index is 0.747. The van der Waals surface area contributed by atoms with Crippen molar-refractivity contribution in [3.05, 3.63) is 0 Å². The van der Waals surface area contributed by atoms with Crippen LogP contribution in [0.25, 0.3) is 0 Å². The monoisotopic (exact) mass is 252 g/mol. The van der Waals surface area contributed by atoms with E-state index in [2.05, 4.69) is 24.1 Å². The van der Waals surface area contributed by atoms with E-state index in [0.717, 1.165) is 18.0 Å². The van der Waals surface area contributed by atoms with Crippen LogP contribution in [-0.2, 0) is 0 Å². The predicted molar refractivity (Wildman–Crippen MR) is 78.9 cm³/mol. The molecule has 2 nitrogen and oxygen atoms in total. The van der Waals surface area contributed by atoms with Crippen LogP contribution in [0, 0.1) is 5.92 Å². The molecule has 0 radical (unpaired) electrons. The van der Waals surface area contributed by atoms with E-state index in [4.69, 9.17) is 0 Å². The summed E-state index contributed by atoms with van der Waals surface area (Å²) in [6.07, 6.45) is 11.2. The molecule has 2 aliphatic rings. The third kappa shape index (κ3) is 3.71. The molecule has 0 bridgehead atoms.